The fourth-order valence-corrected chi connectivity index (χ4v) is 2.57. The Morgan fingerprint density at radius 3 is 2.63 bits per heavy atom. The van der Waals surface area contributed by atoms with Crippen LogP contribution in [0, 0.1) is 0 Å². The summed E-state index contributed by atoms with van der Waals surface area (Å²) in [5.74, 6) is 0.919. The van der Waals surface area contributed by atoms with Crippen LogP contribution >= 0.6 is 0 Å². The van der Waals surface area contributed by atoms with E-state index in [2.05, 4.69) is 37.0 Å². The zero-order chi connectivity index (χ0) is 13.7. The third kappa shape index (κ3) is 4.08. The molecule has 0 aliphatic carbocycles. The number of para-hydroxylation sites is 1. The van der Waals surface area contributed by atoms with Crippen molar-refractivity contribution < 1.29 is 9.47 Å². The van der Waals surface area contributed by atoms with Crippen molar-refractivity contribution in [3.05, 3.63) is 35.9 Å². The van der Waals surface area contributed by atoms with Gasteiger partial charge in [0.15, 0.2) is 0 Å². The molecular weight excluding hydrogens is 238 g/mol. The molecule has 1 aromatic rings. The quantitative estimate of drug-likeness (QED) is 0.832. The van der Waals surface area contributed by atoms with Crippen LogP contribution in [0.4, 0.5) is 0 Å². The van der Waals surface area contributed by atoms with Crippen LogP contribution in [-0.2, 0) is 4.74 Å². The number of benzene rings is 1. The highest BCUT2D eigenvalue weighted by Gasteiger charge is 2.20. The van der Waals surface area contributed by atoms with Gasteiger partial charge in [-0.25, -0.2) is 0 Å². The van der Waals surface area contributed by atoms with Gasteiger partial charge in [-0.3, -0.25) is 4.90 Å². The lowest BCUT2D eigenvalue weighted by atomic mass is 10.2. The Morgan fingerprint density at radius 1 is 1.26 bits per heavy atom. The highest BCUT2D eigenvalue weighted by molar-refractivity contribution is 5.57. The van der Waals surface area contributed by atoms with Gasteiger partial charge in [0.25, 0.3) is 0 Å². The van der Waals surface area contributed by atoms with Crippen molar-refractivity contribution in [2.45, 2.75) is 26.1 Å². The summed E-state index contributed by atoms with van der Waals surface area (Å²) in [5, 5.41) is 0. The lowest BCUT2D eigenvalue weighted by Crippen LogP contribution is -2.45. The molecule has 3 heteroatoms. The molecule has 3 nitrogen and oxygen atoms in total. The standard InChI is InChI=1S/C16H23NO2/c1-13-11-17(12-14(2)19-13)10-6-8-15-7-4-5-9-16(15)18-3/h4-9,13-14H,10-12H2,1-3H3/b8-6-. The van der Waals surface area contributed by atoms with Gasteiger partial charge in [-0.05, 0) is 19.9 Å². The molecule has 2 unspecified atom stereocenters. The number of nitrogens with zero attached hydrogens (tertiary/aromatic N) is 1. The lowest BCUT2D eigenvalue weighted by Gasteiger charge is -2.34. The smallest absolute Gasteiger partial charge is 0.126 e. The largest absolute Gasteiger partial charge is 0.496 e. The minimum absolute atomic E-state index is 0.323. The summed E-state index contributed by atoms with van der Waals surface area (Å²) in [7, 11) is 1.71. The second-order valence-corrected chi connectivity index (χ2v) is 5.12. The minimum Gasteiger partial charge on any atom is -0.496 e. The van der Waals surface area contributed by atoms with Crippen LogP contribution in [0.1, 0.15) is 19.4 Å². The highest BCUT2D eigenvalue weighted by atomic mass is 16.5. The van der Waals surface area contributed by atoms with E-state index < -0.39 is 0 Å². The molecule has 104 valence electrons. The van der Waals surface area contributed by atoms with E-state index >= 15 is 0 Å². The van der Waals surface area contributed by atoms with Gasteiger partial charge in [-0.1, -0.05) is 30.4 Å². The molecule has 19 heavy (non-hydrogen) atoms. The Balaban J connectivity index is 1.92. The maximum absolute atomic E-state index is 5.73. The molecule has 1 aliphatic heterocycles. The van der Waals surface area contributed by atoms with Crippen LogP contribution < -0.4 is 4.74 Å². The van der Waals surface area contributed by atoms with Crippen molar-refractivity contribution in [1.82, 2.24) is 4.90 Å². The number of morpholine rings is 1. The summed E-state index contributed by atoms with van der Waals surface area (Å²) in [6.45, 7) is 7.22. The molecule has 0 radical (unpaired) electrons. The predicted molar refractivity (Wildman–Crippen MR) is 78.5 cm³/mol. The maximum Gasteiger partial charge on any atom is 0.126 e. The number of hydrogen-bond donors (Lipinski definition) is 0. The van der Waals surface area contributed by atoms with Gasteiger partial charge in [0.05, 0.1) is 19.3 Å². The molecule has 0 aromatic heterocycles. The molecule has 1 aliphatic rings. The third-order valence-corrected chi connectivity index (χ3v) is 3.30. The summed E-state index contributed by atoms with van der Waals surface area (Å²) in [4.78, 5) is 2.42. The molecule has 1 aromatic carbocycles. The van der Waals surface area contributed by atoms with E-state index in [0.29, 0.717) is 12.2 Å². The van der Waals surface area contributed by atoms with Crippen molar-refractivity contribution in [3.8, 4) is 5.75 Å². The first-order valence-corrected chi connectivity index (χ1v) is 6.86. The van der Waals surface area contributed by atoms with Crippen molar-refractivity contribution in [3.63, 3.8) is 0 Å². The predicted octanol–water partition coefficient (Wildman–Crippen LogP) is 2.82. The van der Waals surface area contributed by atoms with Crippen molar-refractivity contribution in [2.75, 3.05) is 26.7 Å². The molecule has 1 saturated heterocycles. The van der Waals surface area contributed by atoms with Crippen LogP contribution in [0.5, 0.6) is 5.75 Å². The number of hydrogen-bond acceptors (Lipinski definition) is 3. The molecule has 0 N–H and O–H groups in total. The van der Waals surface area contributed by atoms with Crippen LogP contribution in [0.2, 0.25) is 0 Å². The SMILES string of the molecule is COc1ccccc1/C=C\CN1CC(C)OC(C)C1. The highest BCUT2D eigenvalue weighted by Crippen LogP contribution is 2.18. The molecule has 0 saturated carbocycles. The molecule has 1 heterocycles. The van der Waals surface area contributed by atoms with Gasteiger partial charge < -0.3 is 9.47 Å². The van der Waals surface area contributed by atoms with E-state index in [1.165, 1.54) is 0 Å². The maximum atomic E-state index is 5.73. The fourth-order valence-electron chi connectivity index (χ4n) is 2.57. The Kier molecular flexibility index (Phi) is 5.00. The summed E-state index contributed by atoms with van der Waals surface area (Å²) >= 11 is 0. The first kappa shape index (κ1) is 14.1. The zero-order valence-corrected chi connectivity index (χ0v) is 12.0. The Labute approximate surface area is 115 Å². The van der Waals surface area contributed by atoms with E-state index in [-0.39, 0.29) is 0 Å². The molecule has 2 rings (SSSR count). The second-order valence-electron chi connectivity index (χ2n) is 5.12. The van der Waals surface area contributed by atoms with Crippen LogP contribution in [0.3, 0.4) is 0 Å². The van der Waals surface area contributed by atoms with E-state index in [4.69, 9.17) is 9.47 Å². The van der Waals surface area contributed by atoms with Gasteiger partial charge >= 0.3 is 0 Å². The fraction of sp³-hybridized carbons (Fsp3) is 0.500. The van der Waals surface area contributed by atoms with Crippen LogP contribution in [0.25, 0.3) is 6.08 Å². The van der Waals surface area contributed by atoms with Gasteiger partial charge in [0.1, 0.15) is 5.75 Å². The summed E-state index contributed by atoms with van der Waals surface area (Å²) in [6, 6.07) is 8.07. The number of ether oxygens (including phenoxy) is 2. The Morgan fingerprint density at radius 2 is 1.95 bits per heavy atom. The topological polar surface area (TPSA) is 21.7 Å². The Hall–Kier alpha value is -1.32. The van der Waals surface area contributed by atoms with E-state index in [9.17, 15) is 0 Å². The number of methoxy groups -OCH3 is 1. The van der Waals surface area contributed by atoms with Crippen molar-refractivity contribution in [2.24, 2.45) is 0 Å². The monoisotopic (exact) mass is 261 g/mol. The van der Waals surface area contributed by atoms with Gasteiger partial charge in [0, 0.05) is 25.2 Å². The second kappa shape index (κ2) is 6.73. The van der Waals surface area contributed by atoms with E-state index in [0.717, 1.165) is 30.9 Å². The molecular formula is C16H23NO2. The van der Waals surface area contributed by atoms with Gasteiger partial charge in [0.2, 0.25) is 0 Å². The minimum atomic E-state index is 0.323. The van der Waals surface area contributed by atoms with Crippen LogP contribution in [-0.4, -0.2) is 43.9 Å². The third-order valence-electron chi connectivity index (χ3n) is 3.30. The van der Waals surface area contributed by atoms with Crippen molar-refractivity contribution >= 4 is 6.08 Å². The summed E-state index contributed by atoms with van der Waals surface area (Å²) in [5.41, 5.74) is 1.12. The molecule has 2 atom stereocenters. The summed E-state index contributed by atoms with van der Waals surface area (Å²) in [6.07, 6.45) is 4.97. The normalized spacial score (nSPS) is 24.8. The first-order chi connectivity index (χ1) is 9.19. The molecule has 0 spiro atoms. The Bertz CT molecular complexity index is 421. The van der Waals surface area contributed by atoms with E-state index in [1.54, 1.807) is 7.11 Å². The molecule has 0 bridgehead atoms. The van der Waals surface area contributed by atoms with Gasteiger partial charge in [-0.2, -0.15) is 0 Å². The van der Waals surface area contributed by atoms with Crippen LogP contribution in [0.15, 0.2) is 30.3 Å². The lowest BCUT2D eigenvalue weighted by molar-refractivity contribution is -0.0645. The number of rotatable bonds is 4. The molecule has 1 fully saturated rings. The van der Waals surface area contributed by atoms with Gasteiger partial charge in [-0.15, -0.1) is 0 Å². The average Bonchev–Trinajstić information content (AvgIpc) is 2.38. The average molecular weight is 261 g/mol. The van der Waals surface area contributed by atoms with Crippen molar-refractivity contribution in [1.29, 1.82) is 0 Å². The summed E-state index contributed by atoms with van der Waals surface area (Å²) < 4.78 is 11.1. The zero-order valence-electron chi connectivity index (χ0n) is 12.0. The molecule has 0 amide bonds. The first-order valence-electron chi connectivity index (χ1n) is 6.86. The van der Waals surface area contributed by atoms with E-state index in [1.807, 2.05) is 18.2 Å².